The Morgan fingerprint density at radius 1 is 0.917 bits per heavy atom. The Kier molecular flexibility index (Phi) is 5.36. The molecule has 0 radical (unpaired) electrons. The molecule has 2 N–H and O–H groups in total. The quantitative estimate of drug-likeness (QED) is 0.762. The standard InChI is InChI=1S/C19H20O5/c1-13(2)24-19(17(20)21,18(22)23)12-14-8-10-16(11-9-14)15-6-4-3-5-7-15/h3-11,13H,12H2,1-2H3,(H,20,21)(H,22,23). The number of ether oxygens (including phenoxy) is 1. The van der Waals surface area contributed by atoms with Gasteiger partial charge in [0.05, 0.1) is 6.10 Å². The van der Waals surface area contributed by atoms with Crippen molar-refractivity contribution in [3.8, 4) is 11.1 Å². The molecule has 0 aliphatic heterocycles. The largest absolute Gasteiger partial charge is 0.479 e. The highest BCUT2D eigenvalue weighted by Gasteiger charge is 2.49. The fourth-order valence-corrected chi connectivity index (χ4v) is 2.52. The van der Waals surface area contributed by atoms with Crippen molar-refractivity contribution in [2.75, 3.05) is 0 Å². The van der Waals surface area contributed by atoms with Crippen LogP contribution in [0.4, 0.5) is 0 Å². The Balaban J connectivity index is 2.30. The highest BCUT2D eigenvalue weighted by atomic mass is 16.6. The van der Waals surface area contributed by atoms with Gasteiger partial charge in [0.1, 0.15) is 0 Å². The van der Waals surface area contributed by atoms with E-state index in [4.69, 9.17) is 4.74 Å². The van der Waals surface area contributed by atoms with E-state index in [-0.39, 0.29) is 6.42 Å². The lowest BCUT2D eigenvalue weighted by atomic mass is 9.92. The molecule has 0 saturated heterocycles. The van der Waals surface area contributed by atoms with Crippen molar-refractivity contribution in [1.29, 1.82) is 0 Å². The van der Waals surface area contributed by atoms with Gasteiger partial charge in [-0.2, -0.15) is 0 Å². The van der Waals surface area contributed by atoms with Crippen LogP contribution < -0.4 is 0 Å². The molecule has 2 rings (SSSR count). The van der Waals surface area contributed by atoms with Gasteiger partial charge in [-0.1, -0.05) is 54.6 Å². The first kappa shape index (κ1) is 17.7. The molecule has 2 aromatic carbocycles. The third-order valence-electron chi connectivity index (χ3n) is 3.64. The van der Waals surface area contributed by atoms with Crippen LogP contribution >= 0.6 is 0 Å². The van der Waals surface area contributed by atoms with Gasteiger partial charge in [0.25, 0.3) is 5.60 Å². The summed E-state index contributed by atoms with van der Waals surface area (Å²) < 4.78 is 5.28. The van der Waals surface area contributed by atoms with E-state index in [1.165, 1.54) is 0 Å². The van der Waals surface area contributed by atoms with Gasteiger partial charge in [0, 0.05) is 6.42 Å². The maximum atomic E-state index is 11.6. The Morgan fingerprint density at radius 2 is 1.42 bits per heavy atom. The monoisotopic (exact) mass is 328 g/mol. The Labute approximate surface area is 140 Å². The van der Waals surface area contributed by atoms with Crippen molar-refractivity contribution >= 4 is 11.9 Å². The van der Waals surface area contributed by atoms with Gasteiger partial charge in [-0.15, -0.1) is 0 Å². The van der Waals surface area contributed by atoms with Gasteiger partial charge in [-0.05, 0) is 30.5 Å². The van der Waals surface area contributed by atoms with Crippen LogP contribution in [0.3, 0.4) is 0 Å². The molecule has 0 aromatic heterocycles. The summed E-state index contributed by atoms with van der Waals surface area (Å²) >= 11 is 0. The SMILES string of the molecule is CC(C)OC(Cc1ccc(-c2ccccc2)cc1)(C(=O)O)C(=O)O. The molecule has 5 nitrogen and oxygen atoms in total. The Hall–Kier alpha value is -2.66. The molecule has 2 aromatic rings. The lowest BCUT2D eigenvalue weighted by molar-refractivity contribution is -0.188. The second-order valence-electron chi connectivity index (χ2n) is 5.84. The molecule has 24 heavy (non-hydrogen) atoms. The van der Waals surface area contributed by atoms with E-state index < -0.39 is 23.6 Å². The second kappa shape index (κ2) is 7.27. The zero-order valence-corrected chi connectivity index (χ0v) is 13.6. The normalized spacial score (nSPS) is 11.5. The lowest BCUT2D eigenvalue weighted by Crippen LogP contribution is -2.52. The van der Waals surface area contributed by atoms with Crippen LogP contribution in [0.25, 0.3) is 11.1 Å². The summed E-state index contributed by atoms with van der Waals surface area (Å²) in [5.74, 6) is -3.01. The van der Waals surface area contributed by atoms with Gasteiger partial charge >= 0.3 is 11.9 Å². The van der Waals surface area contributed by atoms with Crippen LogP contribution in [-0.4, -0.2) is 33.9 Å². The number of carboxylic acid groups (broad SMARTS) is 2. The average molecular weight is 328 g/mol. The van der Waals surface area contributed by atoms with Gasteiger partial charge in [0.2, 0.25) is 0 Å². The van der Waals surface area contributed by atoms with Crippen molar-refractivity contribution in [3.63, 3.8) is 0 Å². The highest BCUT2D eigenvalue weighted by molar-refractivity contribution is 6.02. The third kappa shape index (κ3) is 3.81. The van der Waals surface area contributed by atoms with Gasteiger partial charge in [-0.25, -0.2) is 9.59 Å². The topological polar surface area (TPSA) is 83.8 Å². The summed E-state index contributed by atoms with van der Waals surface area (Å²) in [6.45, 7) is 3.22. The van der Waals surface area contributed by atoms with Crippen molar-refractivity contribution in [1.82, 2.24) is 0 Å². The molecular formula is C19H20O5. The van der Waals surface area contributed by atoms with Gasteiger partial charge in [0.15, 0.2) is 0 Å². The van der Waals surface area contributed by atoms with E-state index in [0.29, 0.717) is 5.56 Å². The van der Waals surface area contributed by atoms with Crippen LogP contribution in [0.15, 0.2) is 54.6 Å². The molecule has 0 saturated carbocycles. The molecule has 5 heteroatoms. The number of carboxylic acids is 2. The second-order valence-corrected chi connectivity index (χ2v) is 5.84. The van der Waals surface area contributed by atoms with Crippen LogP contribution in [0, 0.1) is 0 Å². The van der Waals surface area contributed by atoms with Crippen molar-refractivity contribution in [3.05, 3.63) is 60.2 Å². The average Bonchev–Trinajstić information content (AvgIpc) is 2.55. The number of rotatable bonds is 7. The summed E-state index contributed by atoms with van der Waals surface area (Å²) in [4.78, 5) is 23.2. The molecule has 0 amide bonds. The predicted molar refractivity (Wildman–Crippen MR) is 89.8 cm³/mol. The summed E-state index contributed by atoms with van der Waals surface area (Å²) in [5.41, 5.74) is 0.299. The van der Waals surface area contributed by atoms with E-state index >= 15 is 0 Å². The van der Waals surface area contributed by atoms with Gasteiger partial charge < -0.3 is 14.9 Å². The smallest absolute Gasteiger partial charge is 0.348 e. The number of carbonyl (C=O) groups is 2. The maximum Gasteiger partial charge on any atom is 0.348 e. The minimum atomic E-state index is -2.29. The fourth-order valence-electron chi connectivity index (χ4n) is 2.52. The summed E-state index contributed by atoms with van der Waals surface area (Å²) in [6, 6.07) is 16.9. The minimum absolute atomic E-state index is 0.245. The van der Waals surface area contributed by atoms with Gasteiger partial charge in [-0.3, -0.25) is 0 Å². The van der Waals surface area contributed by atoms with Crippen LogP contribution in [0.2, 0.25) is 0 Å². The zero-order valence-electron chi connectivity index (χ0n) is 13.6. The highest BCUT2D eigenvalue weighted by Crippen LogP contribution is 2.24. The molecule has 126 valence electrons. The zero-order chi connectivity index (χ0) is 17.7. The van der Waals surface area contributed by atoms with Crippen molar-refractivity contribution in [2.24, 2.45) is 0 Å². The fraction of sp³-hybridized carbons (Fsp3) is 0.263. The third-order valence-corrected chi connectivity index (χ3v) is 3.64. The molecule has 0 unspecified atom stereocenters. The van der Waals surface area contributed by atoms with Crippen molar-refractivity contribution < 1.29 is 24.5 Å². The molecule has 0 bridgehead atoms. The molecule has 0 heterocycles. The molecule has 0 aliphatic carbocycles. The summed E-state index contributed by atoms with van der Waals surface area (Å²) in [5, 5.41) is 18.9. The minimum Gasteiger partial charge on any atom is -0.479 e. The van der Waals surface area contributed by atoms with Crippen LogP contribution in [-0.2, 0) is 20.7 Å². The van der Waals surface area contributed by atoms with E-state index in [2.05, 4.69) is 0 Å². The molecule has 0 atom stereocenters. The number of benzene rings is 2. The summed E-state index contributed by atoms with van der Waals surface area (Å²) in [6.07, 6.45) is -0.772. The van der Waals surface area contributed by atoms with E-state index in [0.717, 1.165) is 11.1 Å². The lowest BCUT2D eigenvalue weighted by Gasteiger charge is -2.27. The number of hydrogen-bond donors (Lipinski definition) is 2. The molecule has 0 fully saturated rings. The van der Waals surface area contributed by atoms with E-state index in [1.54, 1.807) is 26.0 Å². The molecule has 0 spiro atoms. The Morgan fingerprint density at radius 3 is 1.88 bits per heavy atom. The summed E-state index contributed by atoms with van der Waals surface area (Å²) in [7, 11) is 0. The first-order valence-electron chi connectivity index (χ1n) is 7.64. The Bertz CT molecular complexity index is 690. The maximum absolute atomic E-state index is 11.6. The number of aliphatic carboxylic acids is 2. The van der Waals surface area contributed by atoms with Crippen molar-refractivity contribution in [2.45, 2.75) is 32.0 Å². The van der Waals surface area contributed by atoms with Crippen LogP contribution in [0.1, 0.15) is 19.4 Å². The molecular weight excluding hydrogens is 308 g/mol. The number of hydrogen-bond acceptors (Lipinski definition) is 3. The first-order chi connectivity index (χ1) is 11.3. The predicted octanol–water partition coefficient (Wildman–Crippen LogP) is 3.23. The van der Waals surface area contributed by atoms with E-state index in [9.17, 15) is 19.8 Å². The van der Waals surface area contributed by atoms with Crippen LogP contribution in [0.5, 0.6) is 0 Å². The van der Waals surface area contributed by atoms with E-state index in [1.807, 2.05) is 42.5 Å². The molecule has 0 aliphatic rings. The first-order valence-corrected chi connectivity index (χ1v) is 7.64.